The van der Waals surface area contributed by atoms with Crippen LogP contribution in [0, 0.1) is 6.92 Å². The maximum Gasteiger partial charge on any atom is 0.264 e. The van der Waals surface area contributed by atoms with Crippen LogP contribution >= 0.6 is 0 Å². The second-order valence-corrected chi connectivity index (χ2v) is 4.96. The molecule has 5 heteroatoms. The SMILES string of the molecule is Cc1cc(-c2ccc(=O)[nH]n2)ccc1N1CCCC1=O. The van der Waals surface area contributed by atoms with Crippen LogP contribution in [0.4, 0.5) is 5.69 Å². The number of benzene rings is 1. The lowest BCUT2D eigenvalue weighted by Crippen LogP contribution is -2.24. The lowest BCUT2D eigenvalue weighted by molar-refractivity contribution is -0.117. The molecule has 1 fully saturated rings. The third kappa shape index (κ3) is 2.22. The Morgan fingerprint density at radius 3 is 2.65 bits per heavy atom. The molecule has 1 aliphatic rings. The molecule has 0 atom stereocenters. The highest BCUT2D eigenvalue weighted by atomic mass is 16.2. The number of aryl methyl sites for hydroxylation is 1. The standard InChI is InChI=1S/C15H15N3O2/c1-10-9-11(12-5-7-14(19)17-16-12)4-6-13(10)18-8-2-3-15(18)20/h4-7,9H,2-3,8H2,1H3,(H,17,19). The van der Waals surface area contributed by atoms with E-state index in [1.54, 1.807) is 6.07 Å². The molecule has 1 aromatic carbocycles. The van der Waals surface area contributed by atoms with Crippen molar-refractivity contribution in [1.29, 1.82) is 0 Å². The van der Waals surface area contributed by atoms with E-state index in [4.69, 9.17) is 0 Å². The molecule has 1 N–H and O–H groups in total. The Bertz CT molecular complexity index is 701. The number of nitrogens with zero attached hydrogens (tertiary/aromatic N) is 2. The summed E-state index contributed by atoms with van der Waals surface area (Å²) in [7, 11) is 0. The molecule has 0 bridgehead atoms. The monoisotopic (exact) mass is 269 g/mol. The van der Waals surface area contributed by atoms with E-state index in [1.807, 2.05) is 30.0 Å². The number of anilines is 1. The Kier molecular flexibility index (Phi) is 3.10. The lowest BCUT2D eigenvalue weighted by atomic mass is 10.1. The van der Waals surface area contributed by atoms with Gasteiger partial charge in [0.1, 0.15) is 0 Å². The molecule has 20 heavy (non-hydrogen) atoms. The molecule has 2 heterocycles. The lowest BCUT2D eigenvalue weighted by Gasteiger charge is -2.18. The predicted octanol–water partition coefficient (Wildman–Crippen LogP) is 1.87. The number of nitrogens with one attached hydrogen (secondary N) is 1. The first-order valence-corrected chi connectivity index (χ1v) is 6.62. The molecule has 0 radical (unpaired) electrons. The number of aromatic amines is 1. The molecular formula is C15H15N3O2. The van der Waals surface area contributed by atoms with Gasteiger partial charge in [0, 0.05) is 30.3 Å². The largest absolute Gasteiger partial charge is 0.312 e. The summed E-state index contributed by atoms with van der Waals surface area (Å²) >= 11 is 0. The van der Waals surface area contributed by atoms with Gasteiger partial charge in [-0.3, -0.25) is 9.59 Å². The Labute approximate surface area is 116 Å². The number of H-pyrrole nitrogens is 1. The van der Waals surface area contributed by atoms with Crippen molar-refractivity contribution in [1.82, 2.24) is 10.2 Å². The second-order valence-electron chi connectivity index (χ2n) is 4.96. The highest BCUT2D eigenvalue weighted by molar-refractivity contribution is 5.96. The summed E-state index contributed by atoms with van der Waals surface area (Å²) in [6, 6.07) is 9.00. The molecule has 0 spiro atoms. The Balaban J connectivity index is 1.97. The average Bonchev–Trinajstić information content (AvgIpc) is 2.86. The van der Waals surface area contributed by atoms with Crippen LogP contribution in [0.25, 0.3) is 11.3 Å². The molecule has 0 unspecified atom stereocenters. The van der Waals surface area contributed by atoms with Gasteiger partial charge in [-0.15, -0.1) is 0 Å². The molecule has 5 nitrogen and oxygen atoms in total. The fourth-order valence-corrected chi connectivity index (χ4v) is 2.53. The molecule has 1 aromatic heterocycles. The molecule has 102 valence electrons. The number of carbonyl (C=O) groups is 1. The number of hydrogen-bond donors (Lipinski definition) is 1. The van der Waals surface area contributed by atoms with E-state index < -0.39 is 0 Å². The predicted molar refractivity (Wildman–Crippen MR) is 76.6 cm³/mol. The van der Waals surface area contributed by atoms with Gasteiger partial charge in [0.25, 0.3) is 5.56 Å². The van der Waals surface area contributed by atoms with Gasteiger partial charge >= 0.3 is 0 Å². The highest BCUT2D eigenvalue weighted by Crippen LogP contribution is 2.28. The number of rotatable bonds is 2. The Morgan fingerprint density at radius 1 is 1.20 bits per heavy atom. The molecule has 1 saturated heterocycles. The third-order valence-corrected chi connectivity index (χ3v) is 3.54. The molecule has 0 saturated carbocycles. The minimum atomic E-state index is -0.218. The first kappa shape index (κ1) is 12.6. The van der Waals surface area contributed by atoms with E-state index in [0.717, 1.165) is 29.8 Å². The Hall–Kier alpha value is -2.43. The van der Waals surface area contributed by atoms with Crippen molar-refractivity contribution in [2.24, 2.45) is 0 Å². The van der Waals surface area contributed by atoms with Gasteiger partial charge in [-0.25, -0.2) is 5.10 Å². The summed E-state index contributed by atoms with van der Waals surface area (Å²) in [4.78, 5) is 24.6. The van der Waals surface area contributed by atoms with E-state index in [2.05, 4.69) is 10.2 Å². The van der Waals surface area contributed by atoms with Gasteiger partial charge in [-0.1, -0.05) is 6.07 Å². The first-order chi connectivity index (χ1) is 9.65. The van der Waals surface area contributed by atoms with Crippen molar-refractivity contribution in [3.63, 3.8) is 0 Å². The minimum absolute atomic E-state index is 0.183. The van der Waals surface area contributed by atoms with Crippen LogP contribution in [-0.4, -0.2) is 22.6 Å². The zero-order chi connectivity index (χ0) is 14.1. The highest BCUT2D eigenvalue weighted by Gasteiger charge is 2.22. The summed E-state index contributed by atoms with van der Waals surface area (Å²) in [6.07, 6.45) is 1.55. The van der Waals surface area contributed by atoms with Crippen molar-refractivity contribution in [2.75, 3.05) is 11.4 Å². The normalized spacial score (nSPS) is 14.8. The van der Waals surface area contributed by atoms with Gasteiger partial charge in [0.2, 0.25) is 5.91 Å². The van der Waals surface area contributed by atoms with Crippen LogP contribution in [-0.2, 0) is 4.79 Å². The molecule has 3 rings (SSSR count). The summed E-state index contributed by atoms with van der Waals surface area (Å²) in [6.45, 7) is 2.77. The fraction of sp³-hybridized carbons (Fsp3) is 0.267. The number of carbonyl (C=O) groups excluding carboxylic acids is 1. The summed E-state index contributed by atoms with van der Waals surface area (Å²) in [5, 5.41) is 6.44. The molecule has 1 amide bonds. The second kappa shape index (κ2) is 4.92. The van der Waals surface area contributed by atoms with Crippen LogP contribution in [0.2, 0.25) is 0 Å². The van der Waals surface area contributed by atoms with Crippen LogP contribution in [0.1, 0.15) is 18.4 Å². The molecular weight excluding hydrogens is 254 g/mol. The van der Waals surface area contributed by atoms with Gasteiger partial charge in [-0.2, -0.15) is 5.10 Å². The maximum atomic E-state index is 11.8. The smallest absolute Gasteiger partial charge is 0.264 e. The number of aromatic nitrogens is 2. The quantitative estimate of drug-likeness (QED) is 0.905. The van der Waals surface area contributed by atoms with E-state index in [9.17, 15) is 9.59 Å². The van der Waals surface area contributed by atoms with Crippen molar-refractivity contribution in [3.05, 3.63) is 46.2 Å². The van der Waals surface area contributed by atoms with Crippen LogP contribution in [0.3, 0.4) is 0 Å². The van der Waals surface area contributed by atoms with E-state index in [1.165, 1.54) is 6.07 Å². The first-order valence-electron chi connectivity index (χ1n) is 6.62. The van der Waals surface area contributed by atoms with Gasteiger partial charge < -0.3 is 4.90 Å². The zero-order valence-electron chi connectivity index (χ0n) is 11.2. The van der Waals surface area contributed by atoms with Crippen molar-refractivity contribution in [2.45, 2.75) is 19.8 Å². The van der Waals surface area contributed by atoms with Crippen LogP contribution in [0.15, 0.2) is 35.1 Å². The summed E-state index contributed by atoms with van der Waals surface area (Å²) in [5.74, 6) is 0.183. The van der Waals surface area contributed by atoms with Gasteiger partial charge in [-0.05, 0) is 37.1 Å². The van der Waals surface area contributed by atoms with Crippen molar-refractivity contribution >= 4 is 11.6 Å². The van der Waals surface area contributed by atoms with Crippen LogP contribution < -0.4 is 10.5 Å². The minimum Gasteiger partial charge on any atom is -0.312 e. The summed E-state index contributed by atoms with van der Waals surface area (Å²) in [5.41, 5.74) is 3.41. The van der Waals surface area contributed by atoms with E-state index in [0.29, 0.717) is 12.1 Å². The van der Waals surface area contributed by atoms with Gasteiger partial charge in [0.15, 0.2) is 0 Å². The molecule has 1 aliphatic heterocycles. The zero-order valence-corrected chi connectivity index (χ0v) is 11.2. The van der Waals surface area contributed by atoms with Crippen molar-refractivity contribution in [3.8, 4) is 11.3 Å². The van der Waals surface area contributed by atoms with Gasteiger partial charge in [0.05, 0.1) is 5.69 Å². The van der Waals surface area contributed by atoms with Crippen molar-refractivity contribution < 1.29 is 4.79 Å². The van der Waals surface area contributed by atoms with E-state index in [-0.39, 0.29) is 11.5 Å². The molecule has 0 aliphatic carbocycles. The Morgan fingerprint density at radius 2 is 2.05 bits per heavy atom. The molecule has 2 aromatic rings. The summed E-state index contributed by atoms with van der Waals surface area (Å²) < 4.78 is 0. The van der Waals surface area contributed by atoms with E-state index >= 15 is 0 Å². The number of amides is 1. The number of hydrogen-bond acceptors (Lipinski definition) is 3. The third-order valence-electron chi connectivity index (χ3n) is 3.54. The fourth-order valence-electron chi connectivity index (χ4n) is 2.53. The topological polar surface area (TPSA) is 66.1 Å². The average molecular weight is 269 g/mol. The van der Waals surface area contributed by atoms with Crippen LogP contribution in [0.5, 0.6) is 0 Å². The maximum absolute atomic E-state index is 11.8.